The molecule has 0 aliphatic heterocycles. The summed E-state index contributed by atoms with van der Waals surface area (Å²) in [5, 5.41) is 0.669. The van der Waals surface area contributed by atoms with Gasteiger partial charge >= 0.3 is 0 Å². The number of ether oxygens (including phenoxy) is 1. The summed E-state index contributed by atoms with van der Waals surface area (Å²) in [6.45, 7) is 0. The number of rotatable bonds is 4. The number of hydrogen-bond donors (Lipinski definition) is 1. The zero-order valence-electron chi connectivity index (χ0n) is 10.7. The summed E-state index contributed by atoms with van der Waals surface area (Å²) in [5.41, 5.74) is 0.273. The summed E-state index contributed by atoms with van der Waals surface area (Å²) in [6.07, 6.45) is 0. The molecule has 0 aliphatic carbocycles. The van der Waals surface area contributed by atoms with Crippen molar-refractivity contribution >= 4 is 54.8 Å². The van der Waals surface area contributed by atoms with Crippen molar-refractivity contribution in [3.63, 3.8) is 0 Å². The van der Waals surface area contributed by atoms with Gasteiger partial charge in [0.1, 0.15) is 10.6 Å². The molecule has 4 nitrogen and oxygen atoms in total. The van der Waals surface area contributed by atoms with Crippen LogP contribution in [-0.4, -0.2) is 15.5 Å². The molecule has 21 heavy (non-hydrogen) atoms. The van der Waals surface area contributed by atoms with E-state index >= 15 is 0 Å². The average molecular weight is 411 g/mol. The van der Waals surface area contributed by atoms with Crippen LogP contribution >= 0.6 is 39.1 Å². The molecule has 0 atom stereocenters. The Morgan fingerprint density at radius 2 is 1.71 bits per heavy atom. The molecule has 8 heteroatoms. The number of benzene rings is 2. The van der Waals surface area contributed by atoms with E-state index in [2.05, 4.69) is 20.7 Å². The monoisotopic (exact) mass is 409 g/mol. The van der Waals surface area contributed by atoms with E-state index in [0.717, 1.165) is 0 Å². The van der Waals surface area contributed by atoms with Gasteiger partial charge in [-0.2, -0.15) is 0 Å². The summed E-state index contributed by atoms with van der Waals surface area (Å²) in [5.74, 6) is 0.235. The van der Waals surface area contributed by atoms with E-state index in [1.165, 1.54) is 31.4 Å². The van der Waals surface area contributed by atoms with E-state index in [0.29, 0.717) is 14.5 Å². The van der Waals surface area contributed by atoms with Crippen LogP contribution in [0.1, 0.15) is 0 Å². The summed E-state index contributed by atoms with van der Waals surface area (Å²) >= 11 is 15.0. The predicted molar refractivity (Wildman–Crippen MR) is 88.0 cm³/mol. The molecule has 0 unspecified atom stereocenters. The Morgan fingerprint density at radius 1 is 1.10 bits per heavy atom. The van der Waals surface area contributed by atoms with Crippen molar-refractivity contribution in [3.05, 3.63) is 50.9 Å². The van der Waals surface area contributed by atoms with Crippen LogP contribution < -0.4 is 9.46 Å². The highest BCUT2D eigenvalue weighted by Gasteiger charge is 2.20. The number of halogens is 3. The maximum Gasteiger partial charge on any atom is 0.265 e. The van der Waals surface area contributed by atoms with Gasteiger partial charge in [-0.1, -0.05) is 39.1 Å². The van der Waals surface area contributed by atoms with Crippen molar-refractivity contribution in [2.45, 2.75) is 4.90 Å². The van der Waals surface area contributed by atoms with Crippen LogP contribution in [0, 0.1) is 0 Å². The maximum absolute atomic E-state index is 12.5. The summed E-state index contributed by atoms with van der Waals surface area (Å²) < 4.78 is 33.0. The average Bonchev–Trinajstić information content (AvgIpc) is 2.36. The Hall–Kier alpha value is -0.950. The van der Waals surface area contributed by atoms with Crippen LogP contribution in [0.5, 0.6) is 5.75 Å². The van der Waals surface area contributed by atoms with Gasteiger partial charge in [-0.25, -0.2) is 8.42 Å². The van der Waals surface area contributed by atoms with Crippen molar-refractivity contribution in [2.24, 2.45) is 0 Å². The topological polar surface area (TPSA) is 55.4 Å². The van der Waals surface area contributed by atoms with Crippen LogP contribution in [0.4, 0.5) is 5.69 Å². The van der Waals surface area contributed by atoms with Crippen molar-refractivity contribution in [1.82, 2.24) is 0 Å². The molecule has 0 aromatic heterocycles. The second kappa shape index (κ2) is 6.44. The summed E-state index contributed by atoms with van der Waals surface area (Å²) in [7, 11) is -2.43. The van der Waals surface area contributed by atoms with Crippen molar-refractivity contribution < 1.29 is 13.2 Å². The first-order valence-electron chi connectivity index (χ1n) is 5.64. The lowest BCUT2D eigenvalue weighted by atomic mass is 10.3. The number of hydrogen-bond acceptors (Lipinski definition) is 3. The van der Waals surface area contributed by atoms with Crippen LogP contribution in [0.2, 0.25) is 10.0 Å². The molecule has 0 aliphatic rings. The number of methoxy groups -OCH3 is 1. The predicted octanol–water partition coefficient (Wildman–Crippen LogP) is 4.57. The maximum atomic E-state index is 12.5. The molecule has 112 valence electrons. The van der Waals surface area contributed by atoms with E-state index in [-0.39, 0.29) is 16.3 Å². The summed E-state index contributed by atoms with van der Waals surface area (Å²) in [6, 6.07) is 9.15. The molecule has 0 saturated heterocycles. The fraction of sp³-hybridized carbons (Fsp3) is 0.0769. The van der Waals surface area contributed by atoms with Crippen molar-refractivity contribution in [3.8, 4) is 5.75 Å². The molecule has 0 fully saturated rings. The first-order valence-corrected chi connectivity index (χ1v) is 8.67. The lowest BCUT2D eigenvalue weighted by molar-refractivity contribution is 0.403. The van der Waals surface area contributed by atoms with E-state index in [1.807, 2.05) is 0 Å². The smallest absolute Gasteiger partial charge is 0.265 e. The van der Waals surface area contributed by atoms with Gasteiger partial charge in [-0.15, -0.1) is 0 Å². The van der Waals surface area contributed by atoms with Gasteiger partial charge in [0.2, 0.25) is 0 Å². The second-order valence-corrected chi connectivity index (χ2v) is 7.50. The standard InChI is InChI=1S/C13H10BrCl2NO3S/c1-20-12-3-2-8(14)4-13(12)21(18,19)17-11-6-9(15)5-10(16)7-11/h2-7,17H,1H3. The minimum absolute atomic E-state index is 0.00970. The van der Waals surface area contributed by atoms with E-state index < -0.39 is 10.0 Å². The number of anilines is 1. The molecular formula is C13H10BrCl2NO3S. The Labute approximate surface area is 141 Å². The minimum Gasteiger partial charge on any atom is -0.495 e. The zero-order valence-corrected chi connectivity index (χ0v) is 14.6. The quantitative estimate of drug-likeness (QED) is 0.803. The Bertz CT molecular complexity index is 761. The van der Waals surface area contributed by atoms with Crippen LogP contribution in [0.15, 0.2) is 45.8 Å². The molecule has 2 aromatic rings. The third-order valence-electron chi connectivity index (χ3n) is 2.53. The molecule has 2 aromatic carbocycles. The molecule has 0 amide bonds. The van der Waals surface area contributed by atoms with Gasteiger partial charge in [0, 0.05) is 14.5 Å². The Balaban J connectivity index is 2.45. The van der Waals surface area contributed by atoms with Crippen LogP contribution in [0.25, 0.3) is 0 Å². The third-order valence-corrected chi connectivity index (χ3v) is 4.86. The lowest BCUT2D eigenvalue weighted by Gasteiger charge is -2.12. The Morgan fingerprint density at radius 3 is 2.29 bits per heavy atom. The molecular weight excluding hydrogens is 401 g/mol. The van der Waals surface area contributed by atoms with E-state index in [1.54, 1.807) is 12.1 Å². The van der Waals surface area contributed by atoms with Gasteiger partial charge in [0.15, 0.2) is 0 Å². The molecule has 1 N–H and O–H groups in total. The first kappa shape index (κ1) is 16.4. The van der Waals surface area contributed by atoms with Gasteiger partial charge in [-0.3, -0.25) is 4.72 Å². The second-order valence-electron chi connectivity index (χ2n) is 4.06. The normalized spacial score (nSPS) is 11.2. The van der Waals surface area contributed by atoms with Gasteiger partial charge < -0.3 is 4.74 Å². The lowest BCUT2D eigenvalue weighted by Crippen LogP contribution is -2.14. The van der Waals surface area contributed by atoms with Crippen molar-refractivity contribution in [1.29, 1.82) is 0 Å². The van der Waals surface area contributed by atoms with Crippen LogP contribution in [0.3, 0.4) is 0 Å². The molecule has 2 rings (SSSR count). The van der Waals surface area contributed by atoms with Crippen LogP contribution in [-0.2, 0) is 10.0 Å². The third kappa shape index (κ3) is 4.03. The van der Waals surface area contributed by atoms with Gasteiger partial charge in [-0.05, 0) is 36.4 Å². The minimum atomic E-state index is -3.83. The van der Waals surface area contributed by atoms with E-state index in [4.69, 9.17) is 27.9 Å². The Kier molecular flexibility index (Phi) is 5.03. The SMILES string of the molecule is COc1ccc(Br)cc1S(=O)(=O)Nc1cc(Cl)cc(Cl)c1. The van der Waals surface area contributed by atoms with Crippen molar-refractivity contribution in [2.75, 3.05) is 11.8 Å². The highest BCUT2D eigenvalue weighted by Crippen LogP contribution is 2.30. The zero-order chi connectivity index (χ0) is 15.6. The van der Waals surface area contributed by atoms with Gasteiger partial charge in [0.25, 0.3) is 10.0 Å². The van der Waals surface area contributed by atoms with E-state index in [9.17, 15) is 8.42 Å². The van der Waals surface area contributed by atoms with Gasteiger partial charge in [0.05, 0.1) is 12.8 Å². The fourth-order valence-electron chi connectivity index (χ4n) is 1.68. The molecule has 0 saturated carbocycles. The largest absolute Gasteiger partial charge is 0.495 e. The summed E-state index contributed by atoms with van der Waals surface area (Å²) in [4.78, 5) is 0.00970. The molecule has 0 heterocycles. The first-order chi connectivity index (χ1) is 9.81. The fourth-order valence-corrected chi connectivity index (χ4v) is 3.96. The molecule has 0 spiro atoms. The highest BCUT2D eigenvalue weighted by molar-refractivity contribution is 9.10. The molecule has 0 bridgehead atoms. The molecule has 0 radical (unpaired) electrons. The number of nitrogens with one attached hydrogen (secondary N) is 1. The highest BCUT2D eigenvalue weighted by atomic mass is 79.9. The number of sulfonamides is 1.